The summed E-state index contributed by atoms with van der Waals surface area (Å²) in [6, 6.07) is 7.49. The topological polar surface area (TPSA) is 113 Å². The van der Waals surface area contributed by atoms with Crippen molar-refractivity contribution in [3.8, 4) is 0 Å². The first-order valence-electron chi connectivity index (χ1n) is 5.93. The summed E-state index contributed by atoms with van der Waals surface area (Å²) in [6.07, 6.45) is 0. The lowest BCUT2D eigenvalue weighted by Gasteiger charge is -2.17. The molecule has 0 saturated carbocycles. The van der Waals surface area contributed by atoms with Gasteiger partial charge in [0.1, 0.15) is 0 Å². The van der Waals surface area contributed by atoms with Crippen LogP contribution in [-0.4, -0.2) is 5.78 Å². The lowest BCUT2D eigenvalue weighted by atomic mass is 10.1. The van der Waals surface area contributed by atoms with Crippen LogP contribution < -0.4 is 23.2 Å². The number of nitrogens with zero attached hydrogens (tertiary/aromatic N) is 1. The van der Waals surface area contributed by atoms with E-state index in [4.69, 9.17) is 18.6 Å². The van der Waals surface area contributed by atoms with E-state index in [0.29, 0.717) is 6.54 Å². The smallest absolute Gasteiger partial charge is 0.234 e. The Hall–Kier alpha value is -0.870. The van der Waals surface area contributed by atoms with Gasteiger partial charge in [-0.2, -0.15) is 4.57 Å². The van der Waals surface area contributed by atoms with E-state index in [1.54, 1.807) is 11.3 Å². The molecule has 0 unspecified atom stereocenters. The number of Topliss-reactive ketones (excluding diaryl/α,β-unsaturated/α-hetero) is 1. The first-order valence-corrected chi connectivity index (χ1v) is 8.83. The number of thiazole rings is 1. The Morgan fingerprint density at radius 2 is 1.68 bits per heavy atom. The fourth-order valence-electron chi connectivity index (χ4n) is 1.65. The molecule has 0 aliphatic heterocycles. The van der Waals surface area contributed by atoms with Crippen LogP contribution in [0, 0.1) is 24.1 Å². The molecule has 1 aromatic carbocycles. The highest BCUT2D eigenvalue weighted by Crippen LogP contribution is 2.12. The summed E-state index contributed by atoms with van der Waals surface area (Å²) in [7, 11) is -4.94. The van der Waals surface area contributed by atoms with Crippen LogP contribution in [0.25, 0.3) is 0 Å². The fourth-order valence-corrected chi connectivity index (χ4v) is 2.72. The molecule has 9 heteroatoms. The minimum Gasteiger partial charge on any atom is -0.287 e. The standard InChI is InChI=1S/C13H13BrNOS.ClHO4/c1-9-8-17-10(2)15(9)7-13(16)11-3-5-12(14)6-4-11;2-1(3,4)5/h3-6,8H,7H2,1-2H3;(H,2,3,4,5)/q+1;/p-1. The molecule has 0 aliphatic carbocycles. The van der Waals surface area contributed by atoms with Crippen LogP contribution in [-0.2, 0) is 6.54 Å². The van der Waals surface area contributed by atoms with Crippen LogP contribution in [0.3, 0.4) is 0 Å². The molecular weight excluding hydrogens is 398 g/mol. The minimum atomic E-state index is -4.94. The van der Waals surface area contributed by atoms with Crippen molar-refractivity contribution >= 4 is 33.0 Å². The molecule has 0 fully saturated rings. The summed E-state index contributed by atoms with van der Waals surface area (Å²) >= 11 is 5.04. The molecule has 2 rings (SSSR count). The fraction of sp³-hybridized carbons (Fsp3) is 0.231. The van der Waals surface area contributed by atoms with Gasteiger partial charge < -0.3 is 0 Å². The summed E-state index contributed by atoms with van der Waals surface area (Å²) < 4.78 is 37.0. The quantitative estimate of drug-likeness (QED) is 0.453. The number of carbonyl (C=O) groups excluding carboxylic acids is 1. The second kappa shape index (κ2) is 8.11. The maximum atomic E-state index is 12.1. The maximum absolute atomic E-state index is 12.1. The summed E-state index contributed by atoms with van der Waals surface area (Å²) in [5, 5.41) is 3.23. The molecule has 22 heavy (non-hydrogen) atoms. The molecule has 0 spiro atoms. The second-order valence-electron chi connectivity index (χ2n) is 4.29. The van der Waals surface area contributed by atoms with E-state index in [2.05, 4.69) is 25.9 Å². The van der Waals surface area contributed by atoms with Crippen LogP contribution in [0.5, 0.6) is 0 Å². The van der Waals surface area contributed by atoms with Crippen molar-refractivity contribution in [3.05, 3.63) is 50.4 Å². The van der Waals surface area contributed by atoms with Crippen molar-refractivity contribution < 1.29 is 38.2 Å². The molecule has 6 nitrogen and oxygen atoms in total. The lowest BCUT2D eigenvalue weighted by molar-refractivity contribution is -2.00. The molecule has 0 radical (unpaired) electrons. The number of hydrogen-bond donors (Lipinski definition) is 0. The van der Waals surface area contributed by atoms with Gasteiger partial charge in [0, 0.05) is 23.9 Å². The van der Waals surface area contributed by atoms with E-state index in [1.165, 1.54) is 0 Å². The predicted molar refractivity (Wildman–Crippen MR) is 72.5 cm³/mol. The van der Waals surface area contributed by atoms with E-state index >= 15 is 0 Å². The first kappa shape index (κ1) is 19.2. The minimum absolute atomic E-state index is 0.145. The number of aryl methyl sites for hydroxylation is 2. The summed E-state index contributed by atoms with van der Waals surface area (Å²) in [5.41, 5.74) is 1.89. The molecule has 0 aliphatic rings. The Morgan fingerprint density at radius 3 is 2.09 bits per heavy atom. The number of hydrogen-bond acceptors (Lipinski definition) is 6. The van der Waals surface area contributed by atoms with E-state index in [9.17, 15) is 4.79 Å². The van der Waals surface area contributed by atoms with Gasteiger partial charge in [-0.3, -0.25) is 4.79 Å². The van der Waals surface area contributed by atoms with Crippen LogP contribution in [0.2, 0.25) is 0 Å². The third-order valence-corrected chi connectivity index (χ3v) is 4.22. The van der Waals surface area contributed by atoms with Crippen molar-refractivity contribution in [1.82, 2.24) is 0 Å². The number of aromatic nitrogens is 1. The first-order chi connectivity index (χ1) is 10.1. The van der Waals surface area contributed by atoms with E-state index in [-0.39, 0.29) is 5.78 Å². The van der Waals surface area contributed by atoms with Crippen LogP contribution in [0.4, 0.5) is 0 Å². The maximum Gasteiger partial charge on any atom is 0.234 e. The van der Waals surface area contributed by atoms with Gasteiger partial charge in [0.05, 0.1) is 5.38 Å². The van der Waals surface area contributed by atoms with Crippen LogP contribution >= 0.6 is 27.3 Å². The van der Waals surface area contributed by atoms with Gasteiger partial charge in [-0.1, -0.05) is 39.4 Å². The van der Waals surface area contributed by atoms with Crippen molar-refractivity contribution in [1.29, 1.82) is 0 Å². The normalized spacial score (nSPS) is 10.9. The van der Waals surface area contributed by atoms with Crippen LogP contribution in [0.1, 0.15) is 21.1 Å². The molecule has 120 valence electrons. The van der Waals surface area contributed by atoms with Crippen molar-refractivity contribution in [2.24, 2.45) is 0 Å². The van der Waals surface area contributed by atoms with Crippen LogP contribution in [0.15, 0.2) is 34.1 Å². The van der Waals surface area contributed by atoms with Crippen molar-refractivity contribution in [2.75, 3.05) is 0 Å². The summed E-state index contributed by atoms with van der Waals surface area (Å²) in [5.74, 6) is 0.145. The van der Waals surface area contributed by atoms with Gasteiger partial charge in [0.25, 0.3) is 0 Å². The van der Waals surface area contributed by atoms with Gasteiger partial charge in [-0.15, -0.1) is 10.2 Å². The SMILES string of the molecule is Cc1csc(C)[n+]1CC(=O)c1ccc(Br)cc1.[O-][Cl+3]([O-])([O-])[O-]. The van der Waals surface area contributed by atoms with E-state index < -0.39 is 10.2 Å². The predicted octanol–water partition coefficient (Wildman–Crippen LogP) is -1.46. The highest BCUT2D eigenvalue weighted by molar-refractivity contribution is 9.10. The lowest BCUT2D eigenvalue weighted by Crippen LogP contribution is -2.68. The molecule has 0 amide bonds. The van der Waals surface area contributed by atoms with Gasteiger partial charge in [0.15, 0.2) is 5.69 Å². The van der Waals surface area contributed by atoms with Gasteiger partial charge in [-0.25, -0.2) is 18.6 Å². The largest absolute Gasteiger partial charge is 0.287 e. The molecule has 0 saturated heterocycles. The monoisotopic (exact) mass is 409 g/mol. The summed E-state index contributed by atoms with van der Waals surface area (Å²) in [4.78, 5) is 12.1. The third kappa shape index (κ3) is 6.93. The Bertz CT molecular complexity index is 613. The highest BCUT2D eigenvalue weighted by Gasteiger charge is 2.18. The average molecular weight is 411 g/mol. The van der Waals surface area contributed by atoms with Crippen molar-refractivity contribution in [3.63, 3.8) is 0 Å². The Labute approximate surface area is 142 Å². The average Bonchev–Trinajstić information content (AvgIpc) is 2.69. The van der Waals surface area contributed by atoms with E-state index in [1.807, 2.05) is 38.1 Å². The molecular formula is C13H13BrClNO5S. The van der Waals surface area contributed by atoms with Gasteiger partial charge >= 0.3 is 0 Å². The molecule has 0 N–H and O–H groups in total. The second-order valence-corrected chi connectivity index (χ2v) is 7.02. The molecule has 1 heterocycles. The Kier molecular flexibility index (Phi) is 7.07. The summed E-state index contributed by atoms with van der Waals surface area (Å²) in [6.45, 7) is 4.48. The zero-order valence-electron chi connectivity index (χ0n) is 11.7. The molecule has 1 aromatic heterocycles. The number of rotatable bonds is 3. The van der Waals surface area contributed by atoms with Gasteiger partial charge in [0.2, 0.25) is 17.3 Å². The zero-order chi connectivity index (χ0) is 16.9. The number of halogens is 2. The van der Waals surface area contributed by atoms with E-state index in [0.717, 1.165) is 20.7 Å². The zero-order valence-corrected chi connectivity index (χ0v) is 14.9. The third-order valence-electron chi connectivity index (χ3n) is 2.67. The number of carbonyl (C=O) groups is 1. The number of ketones is 1. The van der Waals surface area contributed by atoms with Crippen molar-refractivity contribution in [2.45, 2.75) is 20.4 Å². The molecule has 0 bridgehead atoms. The molecule has 2 aromatic rings. The van der Waals surface area contributed by atoms with Gasteiger partial charge in [-0.05, 0) is 12.1 Å². The number of benzene rings is 1. The highest BCUT2D eigenvalue weighted by atomic mass is 79.9. The molecule has 0 atom stereocenters. The Balaban J connectivity index is 0.000000422. The Morgan fingerprint density at radius 1 is 1.18 bits per heavy atom.